The number of phenols is 1. The Labute approximate surface area is 191 Å². The van der Waals surface area contributed by atoms with E-state index < -0.39 is 11.4 Å². The van der Waals surface area contributed by atoms with E-state index in [4.69, 9.17) is 33.5 Å². The van der Waals surface area contributed by atoms with Gasteiger partial charge in [-0.05, 0) is 6.07 Å². The number of fused-ring (bicyclic) bond motifs is 1. The van der Waals surface area contributed by atoms with Crippen LogP contribution in [0.5, 0.6) is 5.75 Å². The summed E-state index contributed by atoms with van der Waals surface area (Å²) in [4.78, 5) is 11.5. The second-order valence-corrected chi connectivity index (χ2v) is 10.0. The molecule has 1 N–H and O–H groups in total. The summed E-state index contributed by atoms with van der Waals surface area (Å²) in [6.07, 6.45) is 0. The van der Waals surface area contributed by atoms with Gasteiger partial charge in [-0.25, -0.2) is 4.89 Å². The third-order valence-electron chi connectivity index (χ3n) is 6.29. The number of methoxy groups -OCH3 is 1. The summed E-state index contributed by atoms with van der Waals surface area (Å²) in [5, 5.41) is 10.6. The lowest BCUT2D eigenvalue weighted by Crippen LogP contribution is -2.73. The van der Waals surface area contributed by atoms with Crippen molar-refractivity contribution in [2.45, 2.75) is 52.6 Å². The molecule has 8 heteroatoms. The van der Waals surface area contributed by atoms with Gasteiger partial charge in [0.2, 0.25) is 0 Å². The van der Waals surface area contributed by atoms with Gasteiger partial charge in [-0.3, -0.25) is 0 Å². The summed E-state index contributed by atoms with van der Waals surface area (Å²) in [7, 11) is 1.64. The molecule has 2 fully saturated rings. The monoisotopic (exact) mass is 454 g/mol. The zero-order chi connectivity index (χ0) is 23.5. The molecule has 1 aromatic carbocycles. The first-order valence-corrected chi connectivity index (χ1v) is 11.2. The molecule has 8 nitrogen and oxygen atoms in total. The minimum Gasteiger partial charge on any atom is -0.508 e. The van der Waals surface area contributed by atoms with Gasteiger partial charge in [0, 0.05) is 29.1 Å². The van der Waals surface area contributed by atoms with Gasteiger partial charge in [-0.2, -0.15) is 4.89 Å². The van der Waals surface area contributed by atoms with Gasteiger partial charge in [0.15, 0.2) is 5.60 Å². The number of hydrogen-bond acceptors (Lipinski definition) is 8. The molecule has 2 unspecified atom stereocenters. The molecule has 2 aliphatic rings. The lowest BCUT2D eigenvalue weighted by Gasteiger charge is -2.61. The van der Waals surface area contributed by atoms with Crippen molar-refractivity contribution in [1.82, 2.24) is 0 Å². The maximum Gasteiger partial charge on any atom is 0.261 e. The summed E-state index contributed by atoms with van der Waals surface area (Å²) < 4.78 is 27.6. The van der Waals surface area contributed by atoms with Gasteiger partial charge in [-0.1, -0.05) is 46.8 Å². The highest BCUT2D eigenvalue weighted by molar-refractivity contribution is 5.41. The molecule has 0 aliphatic carbocycles. The predicted octanol–water partition coefficient (Wildman–Crippen LogP) is 3.54. The molecular weight excluding hydrogens is 416 g/mol. The standard InChI is InChI=1S/C24H38O8/c1-21(2,3)24-22(4,5)17-30-23(24,31-32-24)19-8-7-18(20(25)15-19)16-29-14-13-28-12-11-27-10-9-26-6/h7-8,15,25H,9-14,16-17H2,1-6H3. The van der Waals surface area contributed by atoms with Crippen LogP contribution < -0.4 is 0 Å². The summed E-state index contributed by atoms with van der Waals surface area (Å²) >= 11 is 0. The normalized spacial score (nSPS) is 26.7. The average Bonchev–Trinajstić information content (AvgIpc) is 2.85. The fourth-order valence-electron chi connectivity index (χ4n) is 4.89. The van der Waals surface area contributed by atoms with E-state index in [1.165, 1.54) is 0 Å². The van der Waals surface area contributed by atoms with Gasteiger partial charge in [0.1, 0.15) is 5.75 Å². The van der Waals surface area contributed by atoms with E-state index in [2.05, 4.69) is 34.6 Å². The molecule has 1 aromatic rings. The highest BCUT2D eigenvalue weighted by atomic mass is 17.3. The number of rotatable bonds is 12. The van der Waals surface area contributed by atoms with E-state index in [0.29, 0.717) is 51.8 Å². The Bertz CT molecular complexity index is 759. The molecule has 2 heterocycles. The van der Waals surface area contributed by atoms with Crippen LogP contribution in [0, 0.1) is 10.8 Å². The maximum absolute atomic E-state index is 10.6. The van der Waals surface area contributed by atoms with Crippen molar-refractivity contribution in [3.63, 3.8) is 0 Å². The van der Waals surface area contributed by atoms with Crippen molar-refractivity contribution < 1.29 is 38.6 Å². The molecule has 0 saturated carbocycles. The third-order valence-corrected chi connectivity index (χ3v) is 6.29. The maximum atomic E-state index is 10.6. The SMILES string of the molecule is COCCOCCOCCOCc1ccc(C23OCC(C)(C)C2(C(C)(C)C)OO3)cc1O. The molecule has 0 spiro atoms. The molecule has 0 aromatic heterocycles. The smallest absolute Gasteiger partial charge is 0.261 e. The van der Waals surface area contributed by atoms with Gasteiger partial charge in [0.25, 0.3) is 5.79 Å². The van der Waals surface area contributed by atoms with E-state index >= 15 is 0 Å². The van der Waals surface area contributed by atoms with Crippen molar-refractivity contribution in [3.8, 4) is 5.75 Å². The lowest BCUT2D eigenvalue weighted by atomic mass is 9.57. The van der Waals surface area contributed by atoms with Gasteiger partial charge < -0.3 is 28.8 Å². The molecule has 0 bridgehead atoms. The molecular formula is C24H38O8. The molecule has 0 radical (unpaired) electrons. The number of phenolic OH excluding ortho intramolecular Hbond substituents is 1. The summed E-state index contributed by atoms with van der Waals surface area (Å²) in [5.41, 5.74) is 0.226. The molecule has 0 amide bonds. The Hall–Kier alpha value is -1.26. The Kier molecular flexibility index (Phi) is 7.87. The highest BCUT2D eigenvalue weighted by Crippen LogP contribution is 2.69. The topological polar surface area (TPSA) is 84.8 Å². The van der Waals surface area contributed by atoms with Crippen molar-refractivity contribution in [1.29, 1.82) is 0 Å². The van der Waals surface area contributed by atoms with Crippen molar-refractivity contribution in [2.75, 3.05) is 53.4 Å². The fourth-order valence-corrected chi connectivity index (χ4v) is 4.89. The first-order valence-electron chi connectivity index (χ1n) is 11.2. The summed E-state index contributed by atoms with van der Waals surface area (Å²) in [6.45, 7) is 14.4. The first kappa shape index (κ1) is 25.4. The molecule has 2 saturated heterocycles. The van der Waals surface area contributed by atoms with Crippen LogP contribution in [0.25, 0.3) is 0 Å². The van der Waals surface area contributed by atoms with Crippen LogP contribution in [0.15, 0.2) is 18.2 Å². The quantitative estimate of drug-likeness (QED) is 0.379. The number of ether oxygens (including phenoxy) is 5. The average molecular weight is 455 g/mol. The second kappa shape index (κ2) is 9.93. The Morgan fingerprint density at radius 3 is 2.09 bits per heavy atom. The largest absolute Gasteiger partial charge is 0.508 e. The Balaban J connectivity index is 1.54. The minimum absolute atomic E-state index is 0.135. The van der Waals surface area contributed by atoms with Crippen LogP contribution in [-0.2, 0) is 45.9 Å². The predicted molar refractivity (Wildman–Crippen MR) is 117 cm³/mol. The van der Waals surface area contributed by atoms with E-state index in [1.807, 2.05) is 12.1 Å². The van der Waals surface area contributed by atoms with Crippen molar-refractivity contribution in [2.24, 2.45) is 10.8 Å². The van der Waals surface area contributed by atoms with Gasteiger partial charge >= 0.3 is 0 Å². The number of benzene rings is 1. The van der Waals surface area contributed by atoms with E-state index in [1.54, 1.807) is 13.2 Å². The molecule has 3 rings (SSSR count). The van der Waals surface area contributed by atoms with Crippen LogP contribution in [-0.4, -0.2) is 64.1 Å². The van der Waals surface area contributed by atoms with Crippen molar-refractivity contribution >= 4 is 0 Å². The Morgan fingerprint density at radius 2 is 1.56 bits per heavy atom. The van der Waals surface area contributed by atoms with E-state index in [9.17, 15) is 5.11 Å². The van der Waals surface area contributed by atoms with Crippen molar-refractivity contribution in [3.05, 3.63) is 29.3 Å². The van der Waals surface area contributed by atoms with Crippen LogP contribution in [0.4, 0.5) is 0 Å². The minimum atomic E-state index is -1.05. The van der Waals surface area contributed by atoms with E-state index in [-0.39, 0.29) is 23.2 Å². The second-order valence-electron chi connectivity index (χ2n) is 10.0. The molecule has 2 aliphatic heterocycles. The van der Waals surface area contributed by atoms with Crippen LogP contribution in [0.1, 0.15) is 45.7 Å². The molecule has 32 heavy (non-hydrogen) atoms. The van der Waals surface area contributed by atoms with Gasteiger partial charge in [0.05, 0.1) is 52.9 Å². The van der Waals surface area contributed by atoms with Crippen LogP contribution >= 0.6 is 0 Å². The molecule has 2 atom stereocenters. The fraction of sp³-hybridized carbons (Fsp3) is 0.750. The number of hydrogen-bond donors (Lipinski definition) is 1. The first-order chi connectivity index (χ1) is 15.1. The Morgan fingerprint density at radius 1 is 0.938 bits per heavy atom. The highest BCUT2D eigenvalue weighted by Gasteiger charge is 2.81. The lowest BCUT2D eigenvalue weighted by molar-refractivity contribution is -0.626. The van der Waals surface area contributed by atoms with E-state index in [0.717, 1.165) is 5.56 Å². The summed E-state index contributed by atoms with van der Waals surface area (Å²) in [6, 6.07) is 5.45. The summed E-state index contributed by atoms with van der Waals surface area (Å²) in [5.74, 6) is -0.916. The van der Waals surface area contributed by atoms with Gasteiger partial charge in [-0.15, -0.1) is 0 Å². The zero-order valence-electron chi connectivity index (χ0n) is 20.2. The van der Waals surface area contributed by atoms with Crippen LogP contribution in [0.3, 0.4) is 0 Å². The third kappa shape index (κ3) is 4.42. The van der Waals surface area contributed by atoms with Crippen LogP contribution in [0.2, 0.25) is 0 Å². The number of aromatic hydroxyl groups is 1. The zero-order valence-corrected chi connectivity index (χ0v) is 20.2. The molecule has 182 valence electrons.